The van der Waals surface area contributed by atoms with Crippen LogP contribution in [0, 0.1) is 6.92 Å². The van der Waals surface area contributed by atoms with Gasteiger partial charge in [0.05, 0.1) is 11.4 Å². The Labute approximate surface area is 180 Å². The lowest BCUT2D eigenvalue weighted by atomic mass is 9.88. The summed E-state index contributed by atoms with van der Waals surface area (Å²) in [7, 11) is 0. The number of carbonyl (C=O) groups excluding carboxylic acids is 4. The number of aryl methyl sites for hydroxylation is 1. The van der Waals surface area contributed by atoms with Gasteiger partial charge in [-0.15, -0.1) is 0 Å². The van der Waals surface area contributed by atoms with Crippen molar-refractivity contribution in [2.75, 3.05) is 16.8 Å². The Kier molecular flexibility index (Phi) is 5.00. The third kappa shape index (κ3) is 3.43. The number of nitrogens with zero attached hydrogens (tertiary/aromatic N) is 2. The maximum absolute atomic E-state index is 13.3. The zero-order valence-electron chi connectivity index (χ0n) is 17.6. The first kappa shape index (κ1) is 20.6. The van der Waals surface area contributed by atoms with Gasteiger partial charge in [0.25, 0.3) is 5.91 Å². The first-order chi connectivity index (χ1) is 14.7. The second-order valence-electron chi connectivity index (χ2n) is 8.14. The molecule has 2 aromatic rings. The van der Waals surface area contributed by atoms with Crippen LogP contribution in [0.1, 0.15) is 31.4 Å². The van der Waals surface area contributed by atoms with Crippen LogP contribution in [0.2, 0.25) is 0 Å². The number of nitrogens with one attached hydrogen (secondary N) is 2. The summed E-state index contributed by atoms with van der Waals surface area (Å²) in [6, 6.07) is 13.3. The van der Waals surface area contributed by atoms with Gasteiger partial charge in [0, 0.05) is 12.5 Å². The fourth-order valence-corrected chi connectivity index (χ4v) is 4.34. The minimum Gasteiger partial charge on any atom is -0.324 e. The van der Waals surface area contributed by atoms with Crippen molar-refractivity contribution in [2.24, 2.45) is 0 Å². The highest BCUT2D eigenvalue weighted by atomic mass is 16.2. The second kappa shape index (κ2) is 7.54. The molecule has 8 heteroatoms. The fraction of sp³-hybridized carbons (Fsp3) is 0.304. The molecule has 2 atom stereocenters. The van der Waals surface area contributed by atoms with E-state index in [2.05, 4.69) is 10.6 Å². The van der Waals surface area contributed by atoms with Crippen molar-refractivity contribution in [1.82, 2.24) is 10.2 Å². The number of para-hydroxylation sites is 2. The minimum absolute atomic E-state index is 0.113. The summed E-state index contributed by atoms with van der Waals surface area (Å²) in [6.45, 7) is 4.86. The van der Waals surface area contributed by atoms with Crippen molar-refractivity contribution >= 4 is 35.1 Å². The lowest BCUT2D eigenvalue weighted by molar-refractivity contribution is -0.134. The molecule has 2 N–H and O–H groups in total. The van der Waals surface area contributed by atoms with E-state index in [0.29, 0.717) is 16.9 Å². The molecule has 1 fully saturated rings. The molecule has 2 heterocycles. The Morgan fingerprint density at radius 1 is 1.10 bits per heavy atom. The fourth-order valence-electron chi connectivity index (χ4n) is 4.34. The molecule has 0 aromatic heterocycles. The quantitative estimate of drug-likeness (QED) is 0.746. The Morgan fingerprint density at radius 2 is 1.77 bits per heavy atom. The summed E-state index contributed by atoms with van der Waals surface area (Å²) in [5, 5.41) is 5.54. The third-order valence-corrected chi connectivity index (χ3v) is 5.88. The van der Waals surface area contributed by atoms with E-state index in [1.165, 1.54) is 4.90 Å². The molecule has 2 aliphatic rings. The molecule has 0 saturated carbocycles. The van der Waals surface area contributed by atoms with Crippen LogP contribution < -0.4 is 15.5 Å². The van der Waals surface area contributed by atoms with E-state index in [-0.39, 0.29) is 12.3 Å². The highest BCUT2D eigenvalue weighted by Gasteiger charge is 2.50. The van der Waals surface area contributed by atoms with Crippen LogP contribution in [0.3, 0.4) is 0 Å². The molecule has 1 saturated heterocycles. The van der Waals surface area contributed by atoms with Crippen LogP contribution in [0.5, 0.6) is 0 Å². The lowest BCUT2D eigenvalue weighted by Crippen LogP contribution is -2.47. The Morgan fingerprint density at radius 3 is 2.52 bits per heavy atom. The van der Waals surface area contributed by atoms with Crippen molar-refractivity contribution in [3.63, 3.8) is 0 Å². The zero-order chi connectivity index (χ0) is 22.3. The number of hydrogen-bond acceptors (Lipinski definition) is 4. The number of imide groups is 1. The Bertz CT molecular complexity index is 1100. The Balaban J connectivity index is 1.63. The lowest BCUT2D eigenvalue weighted by Gasteiger charge is -2.29. The number of benzene rings is 2. The van der Waals surface area contributed by atoms with Crippen LogP contribution in [-0.4, -0.2) is 41.2 Å². The van der Waals surface area contributed by atoms with Crippen molar-refractivity contribution in [3.8, 4) is 0 Å². The molecule has 0 aliphatic carbocycles. The van der Waals surface area contributed by atoms with E-state index in [4.69, 9.17) is 0 Å². The van der Waals surface area contributed by atoms with Gasteiger partial charge >= 0.3 is 6.03 Å². The van der Waals surface area contributed by atoms with Gasteiger partial charge in [0.15, 0.2) is 0 Å². The molecule has 8 nitrogen and oxygen atoms in total. The second-order valence-corrected chi connectivity index (χ2v) is 8.14. The summed E-state index contributed by atoms with van der Waals surface area (Å²) < 4.78 is 0. The van der Waals surface area contributed by atoms with Crippen LogP contribution in [0.4, 0.5) is 16.2 Å². The van der Waals surface area contributed by atoms with Crippen molar-refractivity contribution < 1.29 is 19.2 Å². The standard InChI is InChI=1S/C23H24N4O4/c1-14-8-4-5-9-16(14)23(3)21(30)26(22(31)25-23)13-20(29)27-15(2)12-19(28)24-17-10-6-7-11-18(17)27/h4-11,15H,12-13H2,1-3H3,(H,24,28)(H,25,31). The number of urea groups is 1. The van der Waals surface area contributed by atoms with Gasteiger partial charge in [0.2, 0.25) is 11.8 Å². The largest absolute Gasteiger partial charge is 0.325 e. The molecule has 5 amide bonds. The van der Waals surface area contributed by atoms with Gasteiger partial charge < -0.3 is 15.5 Å². The first-order valence-electron chi connectivity index (χ1n) is 10.1. The predicted octanol–water partition coefficient (Wildman–Crippen LogP) is 2.53. The van der Waals surface area contributed by atoms with E-state index < -0.39 is 36.0 Å². The van der Waals surface area contributed by atoms with Gasteiger partial charge in [-0.2, -0.15) is 0 Å². The first-order valence-corrected chi connectivity index (χ1v) is 10.1. The molecule has 0 bridgehead atoms. The van der Waals surface area contributed by atoms with Gasteiger partial charge in [-0.05, 0) is 44.0 Å². The van der Waals surface area contributed by atoms with Gasteiger partial charge in [-0.1, -0.05) is 36.4 Å². The minimum atomic E-state index is -1.25. The molecule has 2 aliphatic heterocycles. The number of hydrogen-bond donors (Lipinski definition) is 2. The Hall–Kier alpha value is -3.68. The predicted molar refractivity (Wildman–Crippen MR) is 115 cm³/mol. The summed E-state index contributed by atoms with van der Waals surface area (Å²) in [4.78, 5) is 53.9. The molecule has 4 rings (SSSR count). The normalized spacial score (nSPS) is 23.2. The van der Waals surface area contributed by atoms with E-state index in [0.717, 1.165) is 10.5 Å². The number of amides is 5. The monoisotopic (exact) mass is 420 g/mol. The van der Waals surface area contributed by atoms with Crippen LogP contribution in [0.25, 0.3) is 0 Å². The molecule has 31 heavy (non-hydrogen) atoms. The van der Waals surface area contributed by atoms with Crippen molar-refractivity contribution in [3.05, 3.63) is 59.7 Å². The average Bonchev–Trinajstić information content (AvgIpc) is 2.85. The van der Waals surface area contributed by atoms with E-state index in [1.807, 2.05) is 19.1 Å². The number of rotatable bonds is 3. The highest BCUT2D eigenvalue weighted by molar-refractivity contribution is 6.12. The molecule has 2 unspecified atom stereocenters. The van der Waals surface area contributed by atoms with Crippen molar-refractivity contribution in [2.45, 2.75) is 38.8 Å². The third-order valence-electron chi connectivity index (χ3n) is 5.88. The van der Waals surface area contributed by atoms with Gasteiger partial charge in [0.1, 0.15) is 12.1 Å². The zero-order valence-corrected chi connectivity index (χ0v) is 17.6. The number of carbonyl (C=O) groups is 4. The van der Waals surface area contributed by atoms with E-state index in [9.17, 15) is 19.2 Å². The molecular weight excluding hydrogens is 396 g/mol. The summed E-state index contributed by atoms with van der Waals surface area (Å²) in [6.07, 6.45) is 0.113. The van der Waals surface area contributed by atoms with Gasteiger partial charge in [-0.25, -0.2) is 4.79 Å². The van der Waals surface area contributed by atoms with Crippen molar-refractivity contribution in [1.29, 1.82) is 0 Å². The summed E-state index contributed by atoms with van der Waals surface area (Å²) >= 11 is 0. The van der Waals surface area contributed by atoms with Crippen LogP contribution >= 0.6 is 0 Å². The topological polar surface area (TPSA) is 98.8 Å². The summed E-state index contributed by atoms with van der Waals surface area (Å²) in [5.41, 5.74) is 1.37. The maximum Gasteiger partial charge on any atom is 0.325 e. The smallest absolute Gasteiger partial charge is 0.324 e. The molecule has 0 radical (unpaired) electrons. The average molecular weight is 420 g/mol. The summed E-state index contributed by atoms with van der Waals surface area (Å²) in [5.74, 6) is -1.11. The maximum atomic E-state index is 13.3. The molecule has 160 valence electrons. The number of fused-ring (bicyclic) bond motifs is 1. The van der Waals surface area contributed by atoms with Crippen LogP contribution in [0.15, 0.2) is 48.5 Å². The van der Waals surface area contributed by atoms with E-state index >= 15 is 0 Å². The number of anilines is 2. The molecule has 2 aromatic carbocycles. The molecular formula is C23H24N4O4. The van der Waals surface area contributed by atoms with Crippen LogP contribution in [-0.2, 0) is 19.9 Å². The van der Waals surface area contributed by atoms with Gasteiger partial charge in [-0.3, -0.25) is 19.3 Å². The highest BCUT2D eigenvalue weighted by Crippen LogP contribution is 2.33. The SMILES string of the molecule is Cc1ccccc1C1(C)NC(=O)N(CC(=O)N2c3ccccc3NC(=O)CC2C)C1=O. The molecule has 0 spiro atoms. The van der Waals surface area contributed by atoms with E-state index in [1.54, 1.807) is 50.2 Å².